The van der Waals surface area contributed by atoms with Gasteiger partial charge in [0, 0.05) is 43.3 Å². The summed E-state index contributed by atoms with van der Waals surface area (Å²) in [7, 11) is 1.58. The van der Waals surface area contributed by atoms with Crippen LogP contribution in [0.1, 0.15) is 20.7 Å². The van der Waals surface area contributed by atoms with Crippen LogP contribution in [0.4, 0.5) is 10.8 Å². The van der Waals surface area contributed by atoms with E-state index in [0.717, 1.165) is 18.2 Å². The minimum Gasteiger partial charge on any atom is -0.497 e. The third kappa shape index (κ3) is 4.28. The Bertz CT molecular complexity index is 1010. The van der Waals surface area contributed by atoms with Gasteiger partial charge in [-0.1, -0.05) is 12.1 Å². The van der Waals surface area contributed by atoms with E-state index < -0.39 is 0 Å². The van der Waals surface area contributed by atoms with Crippen molar-refractivity contribution in [1.29, 1.82) is 0 Å². The van der Waals surface area contributed by atoms with Crippen molar-refractivity contribution < 1.29 is 14.3 Å². The summed E-state index contributed by atoms with van der Waals surface area (Å²) in [5, 5.41) is 5.80. The molecule has 0 bridgehead atoms. The summed E-state index contributed by atoms with van der Waals surface area (Å²) in [5.74, 6) is 0.324. The number of rotatable bonds is 5. The molecule has 4 rings (SSSR count). The van der Waals surface area contributed by atoms with Gasteiger partial charge in [-0.25, -0.2) is 4.98 Å². The number of ether oxygens (including phenoxy) is 1. The second-order valence-electron chi connectivity index (χ2n) is 6.82. The van der Waals surface area contributed by atoms with Crippen molar-refractivity contribution in [3.05, 3.63) is 71.2 Å². The van der Waals surface area contributed by atoms with Crippen molar-refractivity contribution in [3.8, 4) is 5.75 Å². The van der Waals surface area contributed by atoms with Crippen LogP contribution in [0, 0.1) is 0 Å². The van der Waals surface area contributed by atoms with Gasteiger partial charge in [-0.2, -0.15) is 0 Å². The van der Waals surface area contributed by atoms with Gasteiger partial charge >= 0.3 is 0 Å². The average molecular weight is 423 g/mol. The van der Waals surface area contributed by atoms with E-state index in [1.165, 1.54) is 0 Å². The molecule has 2 amide bonds. The molecule has 0 spiro atoms. The third-order valence-electron chi connectivity index (χ3n) is 5.01. The number of hydrogen-bond donors (Lipinski definition) is 1. The topological polar surface area (TPSA) is 74.8 Å². The molecule has 0 unspecified atom stereocenters. The van der Waals surface area contributed by atoms with Crippen LogP contribution in [-0.4, -0.2) is 55.0 Å². The predicted octanol–water partition coefficient (Wildman–Crippen LogP) is 3.37. The summed E-state index contributed by atoms with van der Waals surface area (Å²) in [6.07, 6.45) is 1.79. The van der Waals surface area contributed by atoms with Gasteiger partial charge in [0.15, 0.2) is 5.13 Å². The molecule has 1 fully saturated rings. The zero-order valence-electron chi connectivity index (χ0n) is 16.6. The Balaban J connectivity index is 1.44. The van der Waals surface area contributed by atoms with E-state index in [4.69, 9.17) is 4.74 Å². The number of amides is 2. The Labute approximate surface area is 178 Å². The van der Waals surface area contributed by atoms with E-state index in [9.17, 15) is 9.59 Å². The van der Waals surface area contributed by atoms with Gasteiger partial charge in [0.1, 0.15) is 5.75 Å². The van der Waals surface area contributed by atoms with Gasteiger partial charge in [0.2, 0.25) is 0 Å². The molecule has 154 valence electrons. The molecule has 1 aromatic heterocycles. The lowest BCUT2D eigenvalue weighted by atomic mass is 10.1. The maximum absolute atomic E-state index is 13.1. The van der Waals surface area contributed by atoms with Gasteiger partial charge in [-0.15, -0.1) is 11.3 Å². The minimum atomic E-state index is -0.272. The molecule has 0 aliphatic carbocycles. The van der Waals surface area contributed by atoms with E-state index in [-0.39, 0.29) is 11.8 Å². The fourth-order valence-electron chi connectivity index (χ4n) is 3.36. The third-order valence-corrected chi connectivity index (χ3v) is 5.85. The lowest BCUT2D eigenvalue weighted by Crippen LogP contribution is -2.48. The molecule has 0 radical (unpaired) electrons. The number of para-hydroxylation sites is 1. The first-order chi connectivity index (χ1) is 14.7. The molecule has 30 heavy (non-hydrogen) atoms. The number of nitrogens with zero attached hydrogens (tertiary/aromatic N) is 3. The maximum atomic E-state index is 13.1. The van der Waals surface area contributed by atoms with Crippen LogP contribution < -0.4 is 15.0 Å². The maximum Gasteiger partial charge on any atom is 0.256 e. The van der Waals surface area contributed by atoms with Crippen LogP contribution in [0.15, 0.2) is 60.1 Å². The van der Waals surface area contributed by atoms with Gasteiger partial charge < -0.3 is 19.9 Å². The van der Waals surface area contributed by atoms with E-state index in [2.05, 4.69) is 15.2 Å². The first-order valence-corrected chi connectivity index (χ1v) is 10.5. The number of carbonyl (C=O) groups excluding carboxylic acids is 2. The minimum absolute atomic E-state index is 0.0839. The summed E-state index contributed by atoms with van der Waals surface area (Å²) in [6.45, 7) is 2.69. The van der Waals surface area contributed by atoms with Crippen LogP contribution in [0.2, 0.25) is 0 Å². The molecule has 2 heterocycles. The first kappa shape index (κ1) is 19.9. The lowest BCUT2D eigenvalue weighted by molar-refractivity contribution is 0.0748. The van der Waals surface area contributed by atoms with Crippen molar-refractivity contribution in [2.45, 2.75) is 0 Å². The van der Waals surface area contributed by atoms with Crippen LogP contribution in [-0.2, 0) is 0 Å². The Morgan fingerprint density at radius 1 is 1.03 bits per heavy atom. The zero-order valence-corrected chi connectivity index (χ0v) is 17.4. The molecule has 1 aliphatic rings. The standard InChI is InChI=1S/C22H22N4O3S/c1-29-17-8-6-16(7-9-17)20(27)24-19-5-3-2-4-18(19)21(28)25-11-13-26(14-12-25)22-23-10-15-30-22/h2-10,15H,11-14H2,1H3,(H,24,27). The highest BCUT2D eigenvalue weighted by Gasteiger charge is 2.25. The van der Waals surface area contributed by atoms with Crippen LogP contribution >= 0.6 is 11.3 Å². The van der Waals surface area contributed by atoms with E-state index in [1.54, 1.807) is 67.1 Å². The van der Waals surface area contributed by atoms with E-state index in [0.29, 0.717) is 35.7 Å². The molecule has 1 N–H and O–H groups in total. The van der Waals surface area contributed by atoms with E-state index in [1.807, 2.05) is 16.3 Å². The van der Waals surface area contributed by atoms with Crippen molar-refractivity contribution in [3.63, 3.8) is 0 Å². The van der Waals surface area contributed by atoms with Gasteiger partial charge in [-0.3, -0.25) is 9.59 Å². The summed E-state index contributed by atoms with van der Waals surface area (Å²) in [4.78, 5) is 34.1. The monoisotopic (exact) mass is 422 g/mol. The first-order valence-electron chi connectivity index (χ1n) is 9.64. The number of benzene rings is 2. The quantitative estimate of drug-likeness (QED) is 0.682. The highest BCUT2D eigenvalue weighted by molar-refractivity contribution is 7.13. The number of aromatic nitrogens is 1. The molecule has 1 aliphatic heterocycles. The molecular weight excluding hydrogens is 400 g/mol. The Hall–Kier alpha value is -3.39. The second-order valence-corrected chi connectivity index (χ2v) is 7.70. The SMILES string of the molecule is COc1ccc(C(=O)Nc2ccccc2C(=O)N2CCN(c3nccs3)CC2)cc1. The van der Waals surface area contributed by atoms with Crippen molar-refractivity contribution >= 4 is 34.0 Å². The van der Waals surface area contributed by atoms with Gasteiger partial charge in [-0.05, 0) is 36.4 Å². The van der Waals surface area contributed by atoms with E-state index >= 15 is 0 Å². The fourth-order valence-corrected chi connectivity index (χ4v) is 4.06. The Morgan fingerprint density at radius 2 is 1.77 bits per heavy atom. The number of piperazine rings is 1. The van der Waals surface area contributed by atoms with Crippen molar-refractivity contribution in [1.82, 2.24) is 9.88 Å². The second kappa shape index (κ2) is 8.96. The molecule has 7 nitrogen and oxygen atoms in total. The number of anilines is 2. The molecule has 3 aromatic rings. The van der Waals surface area contributed by atoms with Gasteiger partial charge in [0.25, 0.3) is 11.8 Å². The van der Waals surface area contributed by atoms with Crippen LogP contribution in [0.3, 0.4) is 0 Å². The summed E-state index contributed by atoms with van der Waals surface area (Å²) < 4.78 is 5.13. The van der Waals surface area contributed by atoms with Crippen LogP contribution in [0.25, 0.3) is 0 Å². The highest BCUT2D eigenvalue weighted by atomic mass is 32.1. The summed E-state index contributed by atoms with van der Waals surface area (Å²) in [6, 6.07) is 14.0. The molecule has 1 saturated heterocycles. The average Bonchev–Trinajstić information content (AvgIpc) is 3.34. The fraction of sp³-hybridized carbons (Fsp3) is 0.227. The molecule has 0 atom stereocenters. The summed E-state index contributed by atoms with van der Waals surface area (Å²) in [5.41, 5.74) is 1.49. The zero-order chi connectivity index (χ0) is 20.9. The normalized spacial score (nSPS) is 13.8. The molecule has 0 saturated carbocycles. The number of thiazole rings is 1. The van der Waals surface area contributed by atoms with Crippen molar-refractivity contribution in [2.24, 2.45) is 0 Å². The Kier molecular flexibility index (Phi) is 5.94. The smallest absolute Gasteiger partial charge is 0.256 e. The number of hydrogen-bond acceptors (Lipinski definition) is 6. The number of nitrogens with one attached hydrogen (secondary N) is 1. The largest absolute Gasteiger partial charge is 0.497 e. The van der Waals surface area contributed by atoms with Crippen LogP contribution in [0.5, 0.6) is 5.75 Å². The van der Waals surface area contributed by atoms with Crippen molar-refractivity contribution in [2.75, 3.05) is 43.5 Å². The molecule has 2 aromatic carbocycles. The number of methoxy groups -OCH3 is 1. The highest BCUT2D eigenvalue weighted by Crippen LogP contribution is 2.22. The number of carbonyl (C=O) groups is 2. The van der Waals surface area contributed by atoms with Gasteiger partial charge in [0.05, 0.1) is 18.4 Å². The molecular formula is C22H22N4O3S. The lowest BCUT2D eigenvalue weighted by Gasteiger charge is -2.34. The Morgan fingerprint density at radius 3 is 2.43 bits per heavy atom. The molecule has 8 heteroatoms. The predicted molar refractivity (Wildman–Crippen MR) is 118 cm³/mol. The summed E-state index contributed by atoms with van der Waals surface area (Å²) >= 11 is 1.60.